The van der Waals surface area contributed by atoms with Gasteiger partial charge < -0.3 is 18.3 Å². The van der Waals surface area contributed by atoms with Crippen molar-refractivity contribution in [1.82, 2.24) is 38.2 Å². The molecule has 616 valence electrons. The van der Waals surface area contributed by atoms with Gasteiger partial charge in [-0.2, -0.15) is 0 Å². The van der Waals surface area contributed by atoms with Crippen LogP contribution < -0.4 is 0 Å². The first-order chi connectivity index (χ1) is 65.4. The van der Waals surface area contributed by atoms with Crippen molar-refractivity contribution in [2.75, 3.05) is 0 Å². The molecular formula is C124H80N8. The average molecular weight is 1680 g/mol. The lowest BCUT2D eigenvalue weighted by atomic mass is 9.98. The highest BCUT2D eigenvalue weighted by atomic mass is 15.0. The van der Waals surface area contributed by atoms with Gasteiger partial charge in [-0.1, -0.05) is 328 Å². The van der Waals surface area contributed by atoms with Gasteiger partial charge in [0.05, 0.1) is 66.6 Å². The lowest BCUT2D eigenvalue weighted by Crippen LogP contribution is -1.97. The summed E-state index contributed by atoms with van der Waals surface area (Å²) in [7, 11) is 0. The highest BCUT2D eigenvalue weighted by Gasteiger charge is 2.22. The van der Waals surface area contributed by atoms with Crippen LogP contribution in [0.4, 0.5) is 0 Å². The van der Waals surface area contributed by atoms with Gasteiger partial charge in [-0.15, -0.1) is 0 Å². The molecule has 0 aliphatic rings. The van der Waals surface area contributed by atoms with Crippen LogP contribution in [0.2, 0.25) is 0 Å². The predicted octanol–water partition coefficient (Wildman–Crippen LogP) is 32.3. The van der Waals surface area contributed by atoms with Crippen molar-refractivity contribution in [1.29, 1.82) is 0 Å². The molecular weight excluding hydrogens is 1600 g/mol. The molecule has 0 saturated heterocycles. The fraction of sp³-hybridized carbons (Fsp3) is 0. The monoisotopic (exact) mass is 1680 g/mol. The van der Waals surface area contributed by atoms with Gasteiger partial charge in [0, 0.05) is 98.9 Å². The van der Waals surface area contributed by atoms with Gasteiger partial charge in [-0.25, -0.2) is 19.9 Å². The zero-order valence-corrected chi connectivity index (χ0v) is 71.8. The maximum absolute atomic E-state index is 5.21. The predicted molar refractivity (Wildman–Crippen MR) is 551 cm³/mol. The summed E-state index contributed by atoms with van der Waals surface area (Å²) in [5, 5.41) is 12.0. The quantitative estimate of drug-likeness (QED) is 0.109. The van der Waals surface area contributed by atoms with Crippen LogP contribution in [-0.2, 0) is 0 Å². The minimum absolute atomic E-state index is 0.705. The Kier molecular flexibility index (Phi) is 18.8. The first kappa shape index (κ1) is 76.7. The van der Waals surface area contributed by atoms with E-state index < -0.39 is 0 Å². The Balaban J connectivity index is 0.000000142. The smallest absolute Gasteiger partial charge is 0.160 e. The Labute approximate surface area is 762 Å². The first-order valence-corrected chi connectivity index (χ1v) is 45.0. The summed E-state index contributed by atoms with van der Waals surface area (Å²) < 4.78 is 9.48. The second-order valence-corrected chi connectivity index (χ2v) is 34.0. The second kappa shape index (κ2) is 32.3. The molecule has 6 aromatic heterocycles. The minimum atomic E-state index is 0.705. The van der Waals surface area contributed by atoms with Crippen molar-refractivity contribution in [2.24, 2.45) is 0 Å². The van der Waals surface area contributed by atoms with Crippen molar-refractivity contribution in [3.8, 4) is 135 Å². The van der Waals surface area contributed by atoms with E-state index >= 15 is 0 Å². The van der Waals surface area contributed by atoms with E-state index in [1.54, 1.807) is 0 Å². The van der Waals surface area contributed by atoms with Crippen LogP contribution in [0.3, 0.4) is 0 Å². The molecule has 0 aliphatic heterocycles. The molecule has 0 amide bonds. The van der Waals surface area contributed by atoms with E-state index in [0.29, 0.717) is 11.6 Å². The van der Waals surface area contributed by atoms with Gasteiger partial charge in [0.2, 0.25) is 0 Å². The van der Waals surface area contributed by atoms with E-state index in [4.69, 9.17) is 19.9 Å². The van der Waals surface area contributed by atoms with Crippen molar-refractivity contribution in [3.63, 3.8) is 0 Å². The van der Waals surface area contributed by atoms with Crippen molar-refractivity contribution < 1.29 is 0 Å². The number of nitrogens with zero attached hydrogens (tertiary/aromatic N) is 8. The van der Waals surface area contributed by atoms with Crippen LogP contribution in [-0.4, -0.2) is 38.2 Å². The molecule has 20 aromatic carbocycles. The summed E-state index contributed by atoms with van der Waals surface area (Å²) >= 11 is 0. The van der Waals surface area contributed by atoms with E-state index in [2.05, 4.69) is 473 Å². The number of para-hydroxylation sites is 7. The molecule has 6 heterocycles. The van der Waals surface area contributed by atoms with Gasteiger partial charge in [0.1, 0.15) is 0 Å². The number of fused-ring (bicyclic) bond motifs is 14. The summed E-state index contributed by atoms with van der Waals surface area (Å²) in [6.07, 6.45) is 0. The Hall–Kier alpha value is -17.7. The molecule has 8 heteroatoms. The molecule has 0 atom stereocenters. The average Bonchev–Trinajstić information content (AvgIpc) is 1.60. The number of benzene rings is 20. The van der Waals surface area contributed by atoms with E-state index in [-0.39, 0.29) is 0 Å². The van der Waals surface area contributed by atoms with Crippen LogP contribution in [0.15, 0.2) is 485 Å². The fourth-order valence-corrected chi connectivity index (χ4v) is 19.9. The van der Waals surface area contributed by atoms with Crippen molar-refractivity contribution in [2.45, 2.75) is 0 Å². The fourth-order valence-electron chi connectivity index (χ4n) is 19.9. The third kappa shape index (κ3) is 13.6. The minimum Gasteiger partial charge on any atom is -0.309 e. The zero-order valence-electron chi connectivity index (χ0n) is 71.8. The van der Waals surface area contributed by atoms with Crippen LogP contribution in [0.5, 0.6) is 0 Å². The standard InChI is InChI=1S/2C62H40N4/c1-3-13-41(14-4-1)42-27-33-49(34-28-42)65-57-21-11-8-17-51(57)54-39-47(31-37-59(54)65)43-23-25-44(26-24-43)48-32-38-60-55(40-48)52-18-9-12-22-58(52)66(60)50-35-29-46(30-36-50)62-63-56-20-10-7-19-53(56)61(64-62)45-15-5-2-6-16-45;1-3-13-41(14-4-1)42-27-29-45(30-28-42)61-53-19-7-10-20-56(53)63-62(64-61)46-31-35-50(36-32-46)66-58-22-12-9-18-52(58)55-40-48(34-38-60(55)66)44-25-23-43(24-26-44)47-33-37-59-54(39-47)51-17-8-11-21-57(51)65(59)49-15-5-2-6-16-49/h2*1-40H. The molecule has 0 radical (unpaired) electrons. The summed E-state index contributed by atoms with van der Waals surface area (Å²) in [4.78, 5) is 20.4. The van der Waals surface area contributed by atoms with Crippen LogP contribution >= 0.6 is 0 Å². The molecule has 26 aromatic rings. The number of hydrogen-bond donors (Lipinski definition) is 0. The van der Waals surface area contributed by atoms with Crippen LogP contribution in [0, 0.1) is 0 Å². The number of aromatic nitrogens is 8. The Morgan fingerprint density at radius 2 is 0.318 bits per heavy atom. The molecule has 8 nitrogen and oxygen atoms in total. The highest BCUT2D eigenvalue weighted by Crippen LogP contribution is 2.44. The van der Waals surface area contributed by atoms with Crippen molar-refractivity contribution >= 4 is 109 Å². The summed E-state index contributed by atoms with van der Waals surface area (Å²) in [6.45, 7) is 0. The van der Waals surface area contributed by atoms with E-state index in [9.17, 15) is 0 Å². The summed E-state index contributed by atoms with van der Waals surface area (Å²) in [5.74, 6) is 1.42. The maximum Gasteiger partial charge on any atom is 0.160 e. The maximum atomic E-state index is 5.21. The highest BCUT2D eigenvalue weighted by molar-refractivity contribution is 6.15. The molecule has 0 unspecified atom stereocenters. The summed E-state index contributed by atoms with van der Waals surface area (Å²) in [6, 6.07) is 174. The van der Waals surface area contributed by atoms with Crippen LogP contribution in [0.25, 0.3) is 244 Å². The molecule has 132 heavy (non-hydrogen) atoms. The van der Waals surface area contributed by atoms with Gasteiger partial charge >= 0.3 is 0 Å². The van der Waals surface area contributed by atoms with Gasteiger partial charge in [-0.3, -0.25) is 0 Å². The zero-order chi connectivity index (χ0) is 87.1. The normalized spacial score (nSPS) is 11.6. The van der Waals surface area contributed by atoms with Gasteiger partial charge in [0.15, 0.2) is 11.6 Å². The Morgan fingerprint density at radius 1 is 0.121 bits per heavy atom. The lowest BCUT2D eigenvalue weighted by Gasteiger charge is -2.12. The lowest BCUT2D eigenvalue weighted by molar-refractivity contribution is 1.17. The topological polar surface area (TPSA) is 71.3 Å². The number of rotatable bonds is 14. The van der Waals surface area contributed by atoms with E-state index in [0.717, 1.165) is 83.5 Å². The summed E-state index contributed by atoms with van der Waals surface area (Å²) in [5.41, 5.74) is 36.1. The van der Waals surface area contributed by atoms with E-state index in [1.165, 1.54) is 149 Å². The Bertz CT molecular complexity index is 8930. The van der Waals surface area contributed by atoms with Crippen molar-refractivity contribution in [3.05, 3.63) is 485 Å². The molecule has 0 N–H and O–H groups in total. The molecule has 0 bridgehead atoms. The first-order valence-electron chi connectivity index (χ1n) is 45.0. The molecule has 0 spiro atoms. The van der Waals surface area contributed by atoms with Crippen LogP contribution in [0.1, 0.15) is 0 Å². The van der Waals surface area contributed by atoms with E-state index in [1.807, 2.05) is 30.3 Å². The largest absolute Gasteiger partial charge is 0.309 e. The number of hydrogen-bond acceptors (Lipinski definition) is 4. The third-order valence-corrected chi connectivity index (χ3v) is 26.3. The SMILES string of the molecule is c1ccc(-c2ccc(-c3nc(-c4ccc(-n5c6ccccc6c6cc(-c7ccc(-c8ccc9c(c8)c8ccccc8n9-c8ccccc8)cc7)ccc65)cc4)nc4ccccc34)cc2)cc1.c1ccc(-c2ccc(-n3c4ccccc4c4cc(-c5ccc(-c6ccc7c(c6)c6ccccc6n7-c6ccc(-c7nc(-c8ccccc8)c8ccccc8n7)cc6)cc5)ccc43)cc2)cc1. The third-order valence-electron chi connectivity index (χ3n) is 26.3. The van der Waals surface area contributed by atoms with Gasteiger partial charge in [-0.05, 0) is 224 Å². The molecule has 0 saturated carbocycles. The van der Waals surface area contributed by atoms with Gasteiger partial charge in [0.25, 0.3) is 0 Å². The Morgan fingerprint density at radius 3 is 0.629 bits per heavy atom. The molecule has 0 aliphatic carbocycles. The second-order valence-electron chi connectivity index (χ2n) is 34.0. The molecule has 26 rings (SSSR count). The molecule has 0 fully saturated rings.